The van der Waals surface area contributed by atoms with E-state index in [9.17, 15) is 9.00 Å². The number of benzene rings is 1. The second-order valence-corrected chi connectivity index (χ2v) is 8.88. The Bertz CT molecular complexity index is 664. The summed E-state index contributed by atoms with van der Waals surface area (Å²) in [5.41, 5.74) is 0.269. The van der Waals surface area contributed by atoms with E-state index in [1.165, 1.54) is 19.4 Å². The van der Waals surface area contributed by atoms with Crippen molar-refractivity contribution in [3.05, 3.63) is 29.8 Å². The van der Waals surface area contributed by atoms with Gasteiger partial charge >= 0.3 is 0 Å². The minimum atomic E-state index is -1.25. The summed E-state index contributed by atoms with van der Waals surface area (Å²) >= 11 is 0. The largest absolute Gasteiger partial charge is 0.358 e. The molecule has 2 aliphatic heterocycles. The van der Waals surface area contributed by atoms with Crippen molar-refractivity contribution in [2.24, 2.45) is 5.92 Å². The molecule has 0 radical (unpaired) electrons. The van der Waals surface area contributed by atoms with Gasteiger partial charge in [0.2, 0.25) is 0 Å². The first kappa shape index (κ1) is 17.3. The molecule has 1 unspecified atom stereocenters. The zero-order valence-electron chi connectivity index (χ0n) is 14.8. The quantitative estimate of drug-likeness (QED) is 0.755. The summed E-state index contributed by atoms with van der Waals surface area (Å²) in [4.78, 5) is 14.7. The van der Waals surface area contributed by atoms with E-state index in [2.05, 4.69) is 4.90 Å². The maximum Gasteiger partial charge on any atom is 0.159 e. The zero-order chi connectivity index (χ0) is 17.4. The molecule has 1 saturated carbocycles. The Kier molecular flexibility index (Phi) is 4.79. The van der Waals surface area contributed by atoms with Crippen LogP contribution in [-0.4, -0.2) is 57.7 Å². The Morgan fingerprint density at radius 2 is 1.88 bits per heavy atom. The number of ketones is 1. The Morgan fingerprint density at radius 3 is 2.48 bits per heavy atom. The van der Waals surface area contributed by atoms with Crippen molar-refractivity contribution < 1.29 is 13.7 Å². The summed E-state index contributed by atoms with van der Waals surface area (Å²) in [7, 11) is -1.25. The van der Waals surface area contributed by atoms with Crippen molar-refractivity contribution in [3.8, 4) is 0 Å². The van der Waals surface area contributed by atoms with E-state index < -0.39 is 11.0 Å². The van der Waals surface area contributed by atoms with E-state index >= 15 is 0 Å². The lowest BCUT2D eigenvalue weighted by Gasteiger charge is -2.42. The number of hydrogen-bond donors (Lipinski definition) is 0. The van der Waals surface area contributed by atoms with E-state index in [0.29, 0.717) is 18.7 Å². The summed E-state index contributed by atoms with van der Waals surface area (Å²) in [6.45, 7) is 6.14. The molecule has 25 heavy (non-hydrogen) atoms. The van der Waals surface area contributed by atoms with Gasteiger partial charge in [-0.05, 0) is 37.8 Å². The molecular weight excluding hydrogens is 336 g/mol. The van der Waals surface area contributed by atoms with E-state index in [0.717, 1.165) is 36.7 Å². The van der Waals surface area contributed by atoms with Gasteiger partial charge in [-0.2, -0.15) is 4.31 Å². The Balaban J connectivity index is 1.45. The number of carbonyl (C=O) groups excluding carboxylic acids is 1. The van der Waals surface area contributed by atoms with Crippen LogP contribution in [0.1, 0.15) is 43.0 Å². The predicted molar refractivity (Wildman–Crippen MR) is 96.6 cm³/mol. The van der Waals surface area contributed by atoms with Gasteiger partial charge in [0.15, 0.2) is 5.78 Å². The summed E-state index contributed by atoms with van der Waals surface area (Å²) < 4.78 is 21.3. The maximum absolute atomic E-state index is 13.1. The zero-order valence-corrected chi connectivity index (χ0v) is 15.6. The van der Waals surface area contributed by atoms with Crippen LogP contribution in [0.15, 0.2) is 29.2 Å². The molecule has 1 aromatic rings. The third-order valence-corrected chi connectivity index (χ3v) is 7.22. The minimum absolute atomic E-state index is 0.0290. The fraction of sp³-hybridized carbons (Fsp3) is 0.632. The highest BCUT2D eigenvalue weighted by Gasteiger charge is 2.47. The summed E-state index contributed by atoms with van der Waals surface area (Å²) in [6, 6.07) is 7.14. The number of rotatable bonds is 5. The van der Waals surface area contributed by atoms with Crippen LogP contribution in [0.3, 0.4) is 0 Å². The Morgan fingerprint density at radius 1 is 1.20 bits per heavy atom. The van der Waals surface area contributed by atoms with Crippen LogP contribution in [0.5, 0.6) is 0 Å². The number of carbonyl (C=O) groups is 1. The molecule has 2 heterocycles. The number of piperidine rings is 1. The standard InChI is InChI=1S/C19H26N2O3S/c1-15(22)17-4-6-18(7-5-17)25(23)21-12-13-24-19(21)8-10-20(11-9-19)14-16-2-3-16/h4-7,16H,2-3,8-14H2,1H3. The molecule has 0 aromatic heterocycles. The summed E-state index contributed by atoms with van der Waals surface area (Å²) in [5, 5.41) is 0. The van der Waals surface area contributed by atoms with Gasteiger partial charge < -0.3 is 9.64 Å². The molecule has 0 bridgehead atoms. The molecule has 1 aliphatic carbocycles. The van der Waals surface area contributed by atoms with E-state index in [-0.39, 0.29) is 11.5 Å². The number of Topliss-reactive ketones (excluding diaryl/α,β-unsaturated/α-hetero) is 1. The first-order chi connectivity index (χ1) is 12.1. The van der Waals surface area contributed by atoms with Crippen molar-refractivity contribution in [3.63, 3.8) is 0 Å². The topological polar surface area (TPSA) is 49.9 Å². The maximum atomic E-state index is 13.1. The monoisotopic (exact) mass is 362 g/mol. The molecule has 136 valence electrons. The highest BCUT2D eigenvalue weighted by Crippen LogP contribution is 2.38. The molecule has 1 atom stereocenters. The predicted octanol–water partition coefficient (Wildman–Crippen LogP) is 2.45. The molecule has 3 fully saturated rings. The third kappa shape index (κ3) is 3.58. The molecule has 5 nitrogen and oxygen atoms in total. The molecule has 6 heteroatoms. The highest BCUT2D eigenvalue weighted by molar-refractivity contribution is 7.82. The lowest BCUT2D eigenvalue weighted by molar-refractivity contribution is -0.0896. The van der Waals surface area contributed by atoms with Crippen LogP contribution in [0.2, 0.25) is 0 Å². The van der Waals surface area contributed by atoms with Crippen LogP contribution in [0.25, 0.3) is 0 Å². The fourth-order valence-corrected chi connectivity index (χ4v) is 5.31. The molecule has 0 amide bonds. The lowest BCUT2D eigenvalue weighted by atomic mass is 10.0. The summed E-state index contributed by atoms with van der Waals surface area (Å²) in [5.74, 6) is 0.935. The van der Waals surface area contributed by atoms with Crippen LogP contribution >= 0.6 is 0 Å². The van der Waals surface area contributed by atoms with E-state index in [4.69, 9.17) is 4.74 Å². The smallest absolute Gasteiger partial charge is 0.159 e. The van der Waals surface area contributed by atoms with E-state index in [1.54, 1.807) is 31.2 Å². The molecule has 0 N–H and O–H groups in total. The molecule has 4 rings (SSSR count). The highest BCUT2D eigenvalue weighted by atomic mass is 32.2. The number of hydrogen-bond acceptors (Lipinski definition) is 4. The second kappa shape index (κ2) is 6.91. The normalized spacial score (nSPS) is 25.3. The lowest BCUT2D eigenvalue weighted by Crippen LogP contribution is -2.53. The van der Waals surface area contributed by atoms with Gasteiger partial charge in [-0.15, -0.1) is 0 Å². The van der Waals surface area contributed by atoms with Crippen LogP contribution in [0.4, 0.5) is 0 Å². The van der Waals surface area contributed by atoms with Crippen molar-refractivity contribution in [2.45, 2.75) is 43.2 Å². The average Bonchev–Trinajstić information content (AvgIpc) is 3.35. The Labute approximate surface area is 151 Å². The molecular formula is C19H26N2O3S. The van der Waals surface area contributed by atoms with Gasteiger partial charge in [0, 0.05) is 44.6 Å². The Hall–Kier alpha value is -1.08. The van der Waals surface area contributed by atoms with Gasteiger partial charge in [0.25, 0.3) is 0 Å². The van der Waals surface area contributed by atoms with E-state index in [1.807, 2.05) is 4.31 Å². The van der Waals surface area contributed by atoms with Crippen molar-refractivity contribution in [2.75, 3.05) is 32.8 Å². The average molecular weight is 362 g/mol. The van der Waals surface area contributed by atoms with Crippen molar-refractivity contribution in [1.29, 1.82) is 0 Å². The first-order valence-corrected chi connectivity index (χ1v) is 10.3. The van der Waals surface area contributed by atoms with Crippen molar-refractivity contribution >= 4 is 16.8 Å². The van der Waals surface area contributed by atoms with Crippen molar-refractivity contribution in [1.82, 2.24) is 9.21 Å². The minimum Gasteiger partial charge on any atom is -0.358 e. The number of likely N-dealkylation sites (tertiary alicyclic amines) is 1. The van der Waals surface area contributed by atoms with Crippen LogP contribution in [-0.2, 0) is 15.7 Å². The van der Waals surface area contributed by atoms with Gasteiger partial charge in [0.05, 0.1) is 11.5 Å². The number of nitrogens with zero attached hydrogens (tertiary/aromatic N) is 2. The molecule has 2 saturated heterocycles. The third-order valence-electron chi connectivity index (χ3n) is 5.63. The molecule has 1 spiro atoms. The van der Waals surface area contributed by atoms with Gasteiger partial charge in [-0.25, -0.2) is 4.21 Å². The molecule has 3 aliphatic rings. The SMILES string of the molecule is CC(=O)c1ccc(S(=O)N2CCOC23CCN(CC2CC2)CC3)cc1. The first-order valence-electron chi connectivity index (χ1n) is 9.24. The second-order valence-electron chi connectivity index (χ2n) is 7.47. The summed E-state index contributed by atoms with van der Waals surface area (Å²) in [6.07, 6.45) is 4.59. The van der Waals surface area contributed by atoms with Gasteiger partial charge in [-0.1, -0.05) is 12.1 Å². The van der Waals surface area contributed by atoms with Crippen LogP contribution in [0, 0.1) is 5.92 Å². The fourth-order valence-electron chi connectivity index (χ4n) is 3.91. The number of ether oxygens (including phenoxy) is 1. The van der Waals surface area contributed by atoms with Gasteiger partial charge in [-0.3, -0.25) is 4.79 Å². The molecule has 1 aromatic carbocycles. The van der Waals surface area contributed by atoms with Gasteiger partial charge in [0.1, 0.15) is 16.7 Å². The van der Waals surface area contributed by atoms with Crippen LogP contribution < -0.4 is 0 Å².